The summed E-state index contributed by atoms with van der Waals surface area (Å²) in [7, 11) is 1.63. The molecule has 0 aromatic heterocycles. The third-order valence-electron chi connectivity index (χ3n) is 4.39. The quantitative estimate of drug-likeness (QED) is 0.442. The minimum Gasteiger partial charge on any atom is -0.493 e. The molecule has 0 atom stereocenters. The van der Waals surface area contributed by atoms with Gasteiger partial charge in [0, 0.05) is 11.0 Å². The van der Waals surface area contributed by atoms with E-state index in [1.54, 1.807) is 19.2 Å². The van der Waals surface area contributed by atoms with E-state index in [4.69, 9.17) is 9.47 Å². The third kappa shape index (κ3) is 5.81. The largest absolute Gasteiger partial charge is 0.493 e. The molecule has 0 radical (unpaired) electrons. The zero-order chi connectivity index (χ0) is 19.8. The number of hydrogen-bond donors (Lipinski definition) is 1. The lowest BCUT2D eigenvalue weighted by Gasteiger charge is -2.14. The Morgan fingerprint density at radius 2 is 1.68 bits per heavy atom. The van der Waals surface area contributed by atoms with E-state index in [2.05, 4.69) is 45.5 Å². The first-order valence-corrected chi connectivity index (χ1v) is 9.93. The predicted octanol–water partition coefficient (Wildman–Crippen LogP) is 5.51. The fourth-order valence-corrected chi connectivity index (χ4v) is 3.29. The van der Waals surface area contributed by atoms with E-state index in [0.717, 1.165) is 35.1 Å². The summed E-state index contributed by atoms with van der Waals surface area (Å²) in [6, 6.07) is 20.6. The zero-order valence-electron chi connectivity index (χ0n) is 15.8. The summed E-state index contributed by atoms with van der Waals surface area (Å²) in [5, 5.41) is 3.46. The molecular formula is C23H23BrFNO2. The minimum atomic E-state index is -0.256. The number of ether oxygens (including phenoxy) is 2. The molecule has 0 aliphatic heterocycles. The Hall–Kier alpha value is -2.37. The van der Waals surface area contributed by atoms with Crippen LogP contribution >= 0.6 is 15.9 Å². The Labute approximate surface area is 173 Å². The fraction of sp³-hybridized carbons (Fsp3) is 0.217. The average molecular weight is 444 g/mol. The van der Waals surface area contributed by atoms with Gasteiger partial charge in [0.05, 0.1) is 7.11 Å². The number of benzene rings is 3. The van der Waals surface area contributed by atoms with Crippen LogP contribution in [0.3, 0.4) is 0 Å². The monoisotopic (exact) mass is 443 g/mol. The molecule has 0 saturated heterocycles. The summed E-state index contributed by atoms with van der Waals surface area (Å²) in [6.07, 6.45) is 0.981. The topological polar surface area (TPSA) is 30.5 Å². The van der Waals surface area contributed by atoms with Crippen molar-refractivity contribution in [2.45, 2.75) is 19.6 Å². The van der Waals surface area contributed by atoms with Crippen molar-refractivity contribution in [2.75, 3.05) is 13.7 Å². The number of rotatable bonds is 9. The maximum Gasteiger partial charge on any atom is 0.162 e. The van der Waals surface area contributed by atoms with Crippen molar-refractivity contribution < 1.29 is 13.9 Å². The van der Waals surface area contributed by atoms with Crippen molar-refractivity contribution in [3.8, 4) is 11.5 Å². The fourth-order valence-electron chi connectivity index (χ4n) is 2.83. The van der Waals surface area contributed by atoms with Crippen molar-refractivity contribution in [1.82, 2.24) is 5.32 Å². The van der Waals surface area contributed by atoms with Crippen molar-refractivity contribution in [3.05, 3.63) is 93.7 Å². The van der Waals surface area contributed by atoms with Gasteiger partial charge < -0.3 is 14.8 Å². The molecule has 28 heavy (non-hydrogen) atoms. The van der Waals surface area contributed by atoms with Gasteiger partial charge in [0.25, 0.3) is 0 Å². The maximum atomic E-state index is 13.0. The molecule has 0 heterocycles. The van der Waals surface area contributed by atoms with E-state index in [1.807, 2.05) is 18.2 Å². The Morgan fingerprint density at radius 3 is 2.39 bits per heavy atom. The Balaban J connectivity index is 1.58. The highest BCUT2D eigenvalue weighted by atomic mass is 79.9. The van der Waals surface area contributed by atoms with Gasteiger partial charge in [-0.3, -0.25) is 0 Å². The Bertz CT molecular complexity index is 885. The number of nitrogens with one attached hydrogen (secondary N) is 1. The van der Waals surface area contributed by atoms with Crippen LogP contribution in [0.1, 0.15) is 16.7 Å². The average Bonchev–Trinajstić information content (AvgIpc) is 2.72. The van der Waals surface area contributed by atoms with Crippen LogP contribution in [0.5, 0.6) is 11.5 Å². The number of hydrogen-bond acceptors (Lipinski definition) is 3. The first-order chi connectivity index (χ1) is 13.7. The summed E-state index contributed by atoms with van der Waals surface area (Å²) >= 11 is 3.62. The van der Waals surface area contributed by atoms with Crippen LogP contribution in [0.25, 0.3) is 0 Å². The molecule has 0 bridgehead atoms. The van der Waals surface area contributed by atoms with Gasteiger partial charge in [0.15, 0.2) is 11.5 Å². The molecule has 3 rings (SSSR count). The molecule has 1 N–H and O–H groups in total. The number of halogens is 2. The highest BCUT2D eigenvalue weighted by molar-refractivity contribution is 9.10. The molecule has 0 amide bonds. The normalized spacial score (nSPS) is 10.7. The predicted molar refractivity (Wildman–Crippen MR) is 113 cm³/mol. The molecule has 0 saturated carbocycles. The second kappa shape index (κ2) is 10.2. The summed E-state index contributed by atoms with van der Waals surface area (Å²) in [5.74, 6) is 1.06. The lowest BCUT2D eigenvalue weighted by atomic mass is 10.1. The van der Waals surface area contributed by atoms with E-state index >= 15 is 0 Å². The zero-order valence-corrected chi connectivity index (χ0v) is 17.3. The van der Waals surface area contributed by atoms with Crippen molar-refractivity contribution >= 4 is 15.9 Å². The standard InChI is InChI=1S/C23H23BrFNO2/c1-27-22-13-19(15-26-12-11-17-5-3-2-4-6-17)21(24)14-23(22)28-16-18-7-9-20(25)10-8-18/h2-10,13-14,26H,11-12,15-16H2,1H3. The van der Waals surface area contributed by atoms with Crippen molar-refractivity contribution in [2.24, 2.45) is 0 Å². The van der Waals surface area contributed by atoms with Crippen LogP contribution in [-0.2, 0) is 19.6 Å². The van der Waals surface area contributed by atoms with Gasteiger partial charge in [0.2, 0.25) is 0 Å². The lowest BCUT2D eigenvalue weighted by molar-refractivity contribution is 0.284. The van der Waals surface area contributed by atoms with E-state index < -0.39 is 0 Å². The SMILES string of the molecule is COc1cc(CNCCc2ccccc2)c(Br)cc1OCc1ccc(F)cc1. The van der Waals surface area contributed by atoms with Gasteiger partial charge >= 0.3 is 0 Å². The molecular weight excluding hydrogens is 421 g/mol. The molecule has 3 aromatic carbocycles. The highest BCUT2D eigenvalue weighted by Crippen LogP contribution is 2.34. The molecule has 5 heteroatoms. The molecule has 0 fully saturated rings. The molecule has 0 spiro atoms. The molecule has 0 unspecified atom stereocenters. The maximum absolute atomic E-state index is 13.0. The van der Waals surface area contributed by atoms with Gasteiger partial charge in [-0.25, -0.2) is 4.39 Å². The number of methoxy groups -OCH3 is 1. The van der Waals surface area contributed by atoms with Gasteiger partial charge in [-0.1, -0.05) is 58.4 Å². The second-order valence-electron chi connectivity index (χ2n) is 6.42. The van der Waals surface area contributed by atoms with E-state index in [-0.39, 0.29) is 5.82 Å². The van der Waals surface area contributed by atoms with Crippen LogP contribution in [-0.4, -0.2) is 13.7 Å². The van der Waals surface area contributed by atoms with Gasteiger partial charge in [-0.2, -0.15) is 0 Å². The van der Waals surface area contributed by atoms with Crippen LogP contribution in [0.15, 0.2) is 71.2 Å². The Morgan fingerprint density at radius 1 is 0.929 bits per heavy atom. The van der Waals surface area contributed by atoms with Gasteiger partial charge in [0.1, 0.15) is 12.4 Å². The molecule has 0 aliphatic rings. The summed E-state index contributed by atoms with van der Waals surface area (Å²) in [5.41, 5.74) is 3.31. The Kier molecular flexibility index (Phi) is 7.46. The third-order valence-corrected chi connectivity index (χ3v) is 5.13. The van der Waals surface area contributed by atoms with Crippen LogP contribution < -0.4 is 14.8 Å². The highest BCUT2D eigenvalue weighted by Gasteiger charge is 2.11. The smallest absolute Gasteiger partial charge is 0.162 e. The van der Waals surface area contributed by atoms with Crippen molar-refractivity contribution in [1.29, 1.82) is 0 Å². The molecule has 0 aliphatic carbocycles. The molecule has 146 valence electrons. The van der Waals surface area contributed by atoms with E-state index in [9.17, 15) is 4.39 Å². The van der Waals surface area contributed by atoms with Crippen LogP contribution in [0.2, 0.25) is 0 Å². The molecule has 3 aromatic rings. The summed E-state index contributed by atoms with van der Waals surface area (Å²) in [6.45, 7) is 1.96. The van der Waals surface area contributed by atoms with Crippen molar-refractivity contribution in [3.63, 3.8) is 0 Å². The summed E-state index contributed by atoms with van der Waals surface area (Å²) < 4.78 is 25.3. The summed E-state index contributed by atoms with van der Waals surface area (Å²) in [4.78, 5) is 0. The van der Waals surface area contributed by atoms with Gasteiger partial charge in [-0.15, -0.1) is 0 Å². The minimum absolute atomic E-state index is 0.256. The van der Waals surface area contributed by atoms with Crippen LogP contribution in [0.4, 0.5) is 4.39 Å². The van der Waals surface area contributed by atoms with E-state index in [1.165, 1.54) is 17.7 Å². The lowest BCUT2D eigenvalue weighted by Crippen LogP contribution is -2.17. The van der Waals surface area contributed by atoms with Gasteiger partial charge in [-0.05, 0) is 53.9 Å². The van der Waals surface area contributed by atoms with E-state index in [0.29, 0.717) is 18.1 Å². The molecule has 3 nitrogen and oxygen atoms in total. The first-order valence-electron chi connectivity index (χ1n) is 9.14. The first kappa shape index (κ1) is 20.4. The van der Waals surface area contributed by atoms with Crippen LogP contribution in [0, 0.1) is 5.82 Å². The second-order valence-corrected chi connectivity index (χ2v) is 7.28.